The highest BCUT2D eigenvalue weighted by Gasteiger charge is 2.19. The summed E-state index contributed by atoms with van der Waals surface area (Å²) in [5.41, 5.74) is 3.65. The molecule has 3 rings (SSSR count). The highest BCUT2D eigenvalue weighted by Crippen LogP contribution is 2.33. The molecule has 1 aliphatic heterocycles. The summed E-state index contributed by atoms with van der Waals surface area (Å²) < 4.78 is 24.0. The van der Waals surface area contributed by atoms with Crippen LogP contribution in [-0.4, -0.2) is 63.7 Å². The molecule has 0 fully saturated rings. The third-order valence-corrected chi connectivity index (χ3v) is 5.41. The molecule has 0 saturated heterocycles. The summed E-state index contributed by atoms with van der Waals surface area (Å²) in [5, 5.41) is 3.43. The molecule has 0 radical (unpaired) electrons. The highest BCUT2D eigenvalue weighted by molar-refractivity contribution is 5.79. The molecule has 0 spiro atoms. The van der Waals surface area contributed by atoms with Gasteiger partial charge in [-0.25, -0.2) is 4.39 Å². The lowest BCUT2D eigenvalue weighted by molar-refractivity contribution is 0.255. The van der Waals surface area contributed by atoms with Gasteiger partial charge in [-0.15, -0.1) is 0 Å². The first kappa shape index (κ1) is 21.9. The maximum atomic E-state index is 13.1. The summed E-state index contributed by atoms with van der Waals surface area (Å²) in [7, 11) is 7.10. The van der Waals surface area contributed by atoms with E-state index in [1.807, 2.05) is 11.9 Å². The van der Waals surface area contributed by atoms with Crippen molar-refractivity contribution in [2.24, 2.45) is 4.99 Å². The lowest BCUT2D eigenvalue weighted by atomic mass is 9.99. The number of fused-ring (bicyclic) bond motifs is 1. The van der Waals surface area contributed by atoms with Gasteiger partial charge in [0.2, 0.25) is 0 Å². The van der Waals surface area contributed by atoms with E-state index in [1.165, 1.54) is 23.3 Å². The fourth-order valence-corrected chi connectivity index (χ4v) is 3.78. The van der Waals surface area contributed by atoms with Gasteiger partial charge in [0.25, 0.3) is 0 Å². The summed E-state index contributed by atoms with van der Waals surface area (Å²) in [6, 6.07) is 10.7. The Morgan fingerprint density at radius 3 is 2.43 bits per heavy atom. The molecule has 0 bridgehead atoms. The molecule has 30 heavy (non-hydrogen) atoms. The molecular formula is C23H31FN4O2. The third kappa shape index (κ3) is 5.42. The van der Waals surface area contributed by atoms with Crippen LogP contribution in [0.3, 0.4) is 0 Å². The molecule has 0 aromatic heterocycles. The Bertz CT molecular complexity index is 870. The van der Waals surface area contributed by atoms with E-state index >= 15 is 0 Å². The molecule has 0 atom stereocenters. The van der Waals surface area contributed by atoms with E-state index in [0.717, 1.165) is 55.6 Å². The van der Waals surface area contributed by atoms with Crippen molar-refractivity contribution in [3.8, 4) is 11.5 Å². The van der Waals surface area contributed by atoms with E-state index in [2.05, 4.69) is 27.3 Å². The maximum Gasteiger partial charge on any atom is 0.193 e. The molecule has 1 N–H and O–H groups in total. The van der Waals surface area contributed by atoms with E-state index in [-0.39, 0.29) is 5.82 Å². The molecule has 1 heterocycles. The monoisotopic (exact) mass is 414 g/mol. The zero-order valence-electron chi connectivity index (χ0n) is 18.2. The van der Waals surface area contributed by atoms with Crippen LogP contribution in [-0.2, 0) is 19.5 Å². The molecule has 0 saturated carbocycles. The number of hydrogen-bond donors (Lipinski definition) is 1. The summed E-state index contributed by atoms with van der Waals surface area (Å²) in [4.78, 5) is 8.83. The van der Waals surface area contributed by atoms with Crippen molar-refractivity contribution < 1.29 is 13.9 Å². The minimum atomic E-state index is -0.219. The number of benzene rings is 2. The van der Waals surface area contributed by atoms with Crippen LogP contribution in [0.5, 0.6) is 11.5 Å². The van der Waals surface area contributed by atoms with Crippen molar-refractivity contribution in [1.29, 1.82) is 0 Å². The van der Waals surface area contributed by atoms with Crippen LogP contribution < -0.4 is 14.8 Å². The molecular weight excluding hydrogens is 383 g/mol. The molecule has 162 valence electrons. The molecule has 2 aromatic rings. The van der Waals surface area contributed by atoms with E-state index in [0.29, 0.717) is 6.54 Å². The van der Waals surface area contributed by atoms with Crippen molar-refractivity contribution in [1.82, 2.24) is 15.1 Å². The normalized spacial score (nSPS) is 14.2. The average Bonchev–Trinajstić information content (AvgIpc) is 2.77. The molecule has 0 unspecified atom stereocenters. The number of nitrogens with zero attached hydrogens (tertiary/aromatic N) is 3. The first-order valence-electron chi connectivity index (χ1n) is 10.2. The van der Waals surface area contributed by atoms with Gasteiger partial charge in [0.1, 0.15) is 5.82 Å². The SMILES string of the molecule is CN=C(NCCN1CCc2cc(OC)c(OC)cc2C1)N(C)Cc1ccc(F)cc1. The van der Waals surface area contributed by atoms with Crippen LogP contribution in [0.4, 0.5) is 4.39 Å². The van der Waals surface area contributed by atoms with Crippen LogP contribution in [0.1, 0.15) is 16.7 Å². The van der Waals surface area contributed by atoms with Gasteiger partial charge in [0.15, 0.2) is 17.5 Å². The summed E-state index contributed by atoms with van der Waals surface area (Å²) in [6.07, 6.45) is 0.995. The highest BCUT2D eigenvalue weighted by atomic mass is 19.1. The summed E-state index contributed by atoms with van der Waals surface area (Å²) in [5.74, 6) is 2.17. The molecule has 6 nitrogen and oxygen atoms in total. The Hall–Kier alpha value is -2.80. The van der Waals surface area contributed by atoms with Gasteiger partial charge in [-0.3, -0.25) is 9.89 Å². The smallest absolute Gasteiger partial charge is 0.193 e. The Morgan fingerprint density at radius 2 is 1.80 bits per heavy atom. The van der Waals surface area contributed by atoms with Crippen LogP contribution in [0, 0.1) is 5.82 Å². The quantitative estimate of drug-likeness (QED) is 0.558. The first-order chi connectivity index (χ1) is 14.5. The number of rotatable bonds is 7. The van der Waals surface area contributed by atoms with Gasteiger partial charge in [-0.1, -0.05) is 12.1 Å². The average molecular weight is 415 g/mol. The number of nitrogens with one attached hydrogen (secondary N) is 1. The second-order valence-electron chi connectivity index (χ2n) is 7.46. The number of halogens is 1. The Balaban J connectivity index is 1.51. The molecule has 0 amide bonds. The number of guanidine groups is 1. The van der Waals surface area contributed by atoms with Gasteiger partial charge in [-0.05, 0) is 47.4 Å². The Morgan fingerprint density at radius 1 is 1.13 bits per heavy atom. The van der Waals surface area contributed by atoms with Gasteiger partial charge in [0.05, 0.1) is 14.2 Å². The molecule has 7 heteroatoms. The molecule has 1 aliphatic rings. The van der Waals surface area contributed by atoms with E-state index < -0.39 is 0 Å². The van der Waals surface area contributed by atoms with E-state index in [1.54, 1.807) is 33.4 Å². The number of aliphatic imine (C=N–C) groups is 1. The van der Waals surface area contributed by atoms with Crippen molar-refractivity contribution >= 4 is 5.96 Å². The Labute approximate surface area is 178 Å². The predicted octanol–water partition coefficient (Wildman–Crippen LogP) is 2.91. The van der Waals surface area contributed by atoms with Crippen LogP contribution in [0.25, 0.3) is 0 Å². The van der Waals surface area contributed by atoms with Gasteiger partial charge in [0, 0.05) is 46.8 Å². The maximum absolute atomic E-state index is 13.1. The fraction of sp³-hybridized carbons (Fsp3) is 0.435. The van der Waals surface area contributed by atoms with Gasteiger partial charge >= 0.3 is 0 Å². The standard InChI is InChI=1S/C23H31FN4O2/c1-25-23(27(2)15-17-5-7-20(24)8-6-17)26-10-12-28-11-9-18-13-21(29-3)22(30-4)14-19(18)16-28/h5-8,13-14H,9-12,15-16H2,1-4H3,(H,25,26). The Kier molecular flexibility index (Phi) is 7.52. The van der Waals surface area contributed by atoms with Crippen molar-refractivity contribution in [3.63, 3.8) is 0 Å². The first-order valence-corrected chi connectivity index (χ1v) is 10.2. The van der Waals surface area contributed by atoms with E-state index in [9.17, 15) is 4.39 Å². The topological polar surface area (TPSA) is 49.3 Å². The second kappa shape index (κ2) is 10.3. The summed E-state index contributed by atoms with van der Waals surface area (Å²) >= 11 is 0. The predicted molar refractivity (Wildman–Crippen MR) is 118 cm³/mol. The number of hydrogen-bond acceptors (Lipinski definition) is 4. The van der Waals surface area contributed by atoms with Crippen molar-refractivity contribution in [2.75, 3.05) is 47.9 Å². The summed E-state index contributed by atoms with van der Waals surface area (Å²) in [6.45, 7) is 4.27. The van der Waals surface area contributed by atoms with E-state index in [4.69, 9.17) is 9.47 Å². The van der Waals surface area contributed by atoms with Crippen LogP contribution in [0.15, 0.2) is 41.4 Å². The lowest BCUT2D eigenvalue weighted by Gasteiger charge is -2.30. The second-order valence-corrected chi connectivity index (χ2v) is 7.46. The molecule has 2 aromatic carbocycles. The van der Waals surface area contributed by atoms with Crippen molar-refractivity contribution in [2.45, 2.75) is 19.5 Å². The largest absolute Gasteiger partial charge is 0.493 e. The minimum absolute atomic E-state index is 0.219. The van der Waals surface area contributed by atoms with Crippen LogP contribution in [0.2, 0.25) is 0 Å². The van der Waals surface area contributed by atoms with Gasteiger partial charge in [-0.2, -0.15) is 0 Å². The number of ether oxygens (including phenoxy) is 2. The fourth-order valence-electron chi connectivity index (χ4n) is 3.78. The zero-order valence-corrected chi connectivity index (χ0v) is 18.2. The minimum Gasteiger partial charge on any atom is -0.493 e. The zero-order chi connectivity index (χ0) is 21.5. The third-order valence-electron chi connectivity index (χ3n) is 5.41. The number of methoxy groups -OCH3 is 2. The lowest BCUT2D eigenvalue weighted by Crippen LogP contribution is -2.43. The van der Waals surface area contributed by atoms with Gasteiger partial charge < -0.3 is 19.7 Å². The molecule has 0 aliphatic carbocycles. The van der Waals surface area contributed by atoms with Crippen LogP contribution >= 0.6 is 0 Å². The van der Waals surface area contributed by atoms with Crippen molar-refractivity contribution in [3.05, 3.63) is 58.9 Å².